The average Bonchev–Trinajstić information content (AvgIpc) is 2.62. The number of carbonyl (C=O) groups excluding carboxylic acids is 2. The van der Waals surface area contributed by atoms with Crippen LogP contribution in [0.25, 0.3) is 0 Å². The van der Waals surface area contributed by atoms with Crippen molar-refractivity contribution >= 4 is 17.6 Å². The zero-order chi connectivity index (χ0) is 21.1. The van der Waals surface area contributed by atoms with Gasteiger partial charge in [-0.3, -0.25) is 4.79 Å². The first-order chi connectivity index (χ1) is 13.8. The van der Waals surface area contributed by atoms with Crippen molar-refractivity contribution in [3.63, 3.8) is 0 Å². The number of phenols is 1. The molecule has 0 unspecified atom stereocenters. The summed E-state index contributed by atoms with van der Waals surface area (Å²) in [5, 5.41) is 18.3. The Balaban J connectivity index is 1.93. The van der Waals surface area contributed by atoms with E-state index in [0.29, 0.717) is 23.6 Å². The highest BCUT2D eigenvalue weighted by Crippen LogP contribution is 2.35. The van der Waals surface area contributed by atoms with Crippen LogP contribution in [0.15, 0.2) is 48.7 Å². The number of carbonyl (C=O) groups is 2. The van der Waals surface area contributed by atoms with Crippen molar-refractivity contribution in [2.75, 3.05) is 11.9 Å². The summed E-state index contributed by atoms with van der Waals surface area (Å²) in [5.74, 6) is -0.779. The lowest BCUT2D eigenvalue weighted by Crippen LogP contribution is -2.51. The molecule has 3 rings (SSSR count). The fraction of sp³-hybridized carbons (Fsp3) is 0.273. The van der Waals surface area contributed by atoms with Gasteiger partial charge in [-0.2, -0.15) is 0 Å². The molecule has 4 N–H and O–H groups in total. The van der Waals surface area contributed by atoms with Crippen molar-refractivity contribution in [3.8, 4) is 11.5 Å². The molecule has 2 aromatic rings. The van der Waals surface area contributed by atoms with Gasteiger partial charge in [0.05, 0.1) is 12.6 Å². The number of benzene rings is 2. The Kier molecular flexibility index (Phi) is 5.77. The van der Waals surface area contributed by atoms with Crippen molar-refractivity contribution in [1.29, 1.82) is 0 Å². The monoisotopic (exact) mass is 395 g/mol. The van der Waals surface area contributed by atoms with Gasteiger partial charge >= 0.3 is 6.03 Å². The van der Waals surface area contributed by atoms with Crippen molar-refractivity contribution in [2.24, 2.45) is 5.92 Å². The lowest BCUT2D eigenvalue weighted by Gasteiger charge is -2.34. The fourth-order valence-corrected chi connectivity index (χ4v) is 3.53. The van der Waals surface area contributed by atoms with Crippen LogP contribution in [0.3, 0.4) is 0 Å². The average molecular weight is 395 g/mol. The highest BCUT2D eigenvalue weighted by atomic mass is 16.5. The van der Waals surface area contributed by atoms with Crippen LogP contribution in [0.4, 0.5) is 10.5 Å². The Morgan fingerprint density at radius 2 is 1.90 bits per heavy atom. The zero-order valence-corrected chi connectivity index (χ0v) is 16.7. The maximum Gasteiger partial charge on any atom is 0.319 e. The normalized spacial score (nSPS) is 18.6. The highest BCUT2D eigenvalue weighted by molar-refractivity contribution is 5.97. The van der Waals surface area contributed by atoms with Crippen molar-refractivity contribution < 1.29 is 19.4 Å². The largest absolute Gasteiger partial charge is 0.504 e. The summed E-state index contributed by atoms with van der Waals surface area (Å²) in [6.07, 6.45) is 0. The van der Waals surface area contributed by atoms with E-state index in [1.165, 1.54) is 6.07 Å². The van der Waals surface area contributed by atoms with E-state index < -0.39 is 18.0 Å². The van der Waals surface area contributed by atoms with Crippen LogP contribution < -0.4 is 20.7 Å². The van der Waals surface area contributed by atoms with Crippen molar-refractivity contribution in [1.82, 2.24) is 10.6 Å². The molecule has 0 spiro atoms. The first-order valence-corrected chi connectivity index (χ1v) is 9.39. The summed E-state index contributed by atoms with van der Waals surface area (Å²) in [6.45, 7) is 9.98. The Morgan fingerprint density at radius 3 is 2.55 bits per heavy atom. The van der Waals surface area contributed by atoms with E-state index in [2.05, 4.69) is 22.5 Å². The third-order valence-corrected chi connectivity index (χ3v) is 4.68. The molecule has 29 heavy (non-hydrogen) atoms. The van der Waals surface area contributed by atoms with Gasteiger partial charge in [0.2, 0.25) is 5.91 Å². The summed E-state index contributed by atoms with van der Waals surface area (Å²) in [6, 6.07) is 9.43. The van der Waals surface area contributed by atoms with E-state index >= 15 is 0 Å². The number of hydrogen-bond donors (Lipinski definition) is 4. The van der Waals surface area contributed by atoms with Crippen molar-refractivity contribution in [2.45, 2.75) is 26.8 Å². The minimum Gasteiger partial charge on any atom is -0.504 e. The molecule has 1 heterocycles. The van der Waals surface area contributed by atoms with Crippen molar-refractivity contribution in [3.05, 3.63) is 65.4 Å². The maximum absolute atomic E-state index is 13.1. The first-order valence-electron chi connectivity index (χ1n) is 9.39. The van der Waals surface area contributed by atoms with Gasteiger partial charge in [-0.05, 0) is 61.7 Å². The highest BCUT2D eigenvalue weighted by Gasteiger charge is 2.38. The summed E-state index contributed by atoms with van der Waals surface area (Å²) in [7, 11) is 0. The van der Waals surface area contributed by atoms with Gasteiger partial charge in [-0.25, -0.2) is 4.79 Å². The molecule has 0 bridgehead atoms. The Morgan fingerprint density at radius 1 is 1.21 bits per heavy atom. The Bertz CT molecular complexity index is 950. The van der Waals surface area contributed by atoms with Gasteiger partial charge in [-0.15, -0.1) is 0 Å². The second-order valence-corrected chi connectivity index (χ2v) is 7.10. The third-order valence-electron chi connectivity index (χ3n) is 4.68. The Labute approximate surface area is 169 Å². The molecular formula is C22H25N3O4. The van der Waals surface area contributed by atoms with E-state index in [1.807, 2.05) is 32.0 Å². The lowest BCUT2D eigenvalue weighted by atomic mass is 9.88. The number of anilines is 1. The quantitative estimate of drug-likeness (QED) is 0.622. The molecule has 2 atom stereocenters. The predicted molar refractivity (Wildman–Crippen MR) is 111 cm³/mol. The molecule has 7 nitrogen and oxygen atoms in total. The van der Waals surface area contributed by atoms with Gasteiger partial charge in [0.25, 0.3) is 0 Å². The fourth-order valence-electron chi connectivity index (χ4n) is 3.53. The van der Waals surface area contributed by atoms with Gasteiger partial charge in [0.1, 0.15) is 5.92 Å². The predicted octanol–water partition coefficient (Wildman–Crippen LogP) is 3.53. The lowest BCUT2D eigenvalue weighted by molar-refractivity contribution is -0.119. The minimum atomic E-state index is -0.757. The van der Waals surface area contributed by atoms with Crippen LogP contribution in [0, 0.1) is 19.8 Å². The second-order valence-electron chi connectivity index (χ2n) is 7.10. The summed E-state index contributed by atoms with van der Waals surface area (Å²) >= 11 is 0. The molecule has 0 radical (unpaired) electrons. The molecule has 0 aliphatic carbocycles. The number of aromatic hydroxyl groups is 1. The van der Waals surface area contributed by atoms with Gasteiger partial charge < -0.3 is 25.8 Å². The number of urea groups is 1. The van der Waals surface area contributed by atoms with Crippen LogP contribution in [0.5, 0.6) is 11.5 Å². The second kappa shape index (κ2) is 8.26. The number of amides is 3. The number of phenolic OH excluding ortho intramolecular Hbond substituents is 1. The van der Waals surface area contributed by atoms with Gasteiger partial charge in [-0.1, -0.05) is 18.7 Å². The number of nitrogens with one attached hydrogen (secondary N) is 3. The molecule has 152 valence electrons. The molecule has 1 aliphatic heterocycles. The molecular weight excluding hydrogens is 370 g/mol. The molecule has 7 heteroatoms. The van der Waals surface area contributed by atoms with Crippen LogP contribution in [-0.4, -0.2) is 23.7 Å². The van der Waals surface area contributed by atoms with E-state index in [0.717, 1.165) is 11.1 Å². The summed E-state index contributed by atoms with van der Waals surface area (Å²) in [5.41, 5.74) is 3.67. The SMILES string of the molecule is C=C1NC(=O)N[C@H](c2ccc(O)c(OCC)c2)[C@H]1C(=O)Nc1cc(C)cc(C)c1. The number of ether oxygens (including phenoxy) is 1. The van der Waals surface area contributed by atoms with E-state index in [9.17, 15) is 14.7 Å². The van der Waals surface area contributed by atoms with E-state index in [-0.39, 0.29) is 17.4 Å². The zero-order valence-electron chi connectivity index (χ0n) is 16.7. The summed E-state index contributed by atoms with van der Waals surface area (Å²) < 4.78 is 5.44. The molecule has 0 saturated carbocycles. The van der Waals surface area contributed by atoms with Gasteiger partial charge in [0, 0.05) is 11.4 Å². The topological polar surface area (TPSA) is 99.7 Å². The molecule has 0 aromatic heterocycles. The standard InChI is InChI=1S/C22H25N3O4/c1-5-29-18-11-15(6-7-17(18)26)20-19(14(4)23-22(28)25-20)21(27)24-16-9-12(2)8-13(3)10-16/h6-11,19-20,26H,4-5H2,1-3H3,(H,24,27)(H2,23,25,28)/t19-,20+/m0/s1. The van der Waals surface area contributed by atoms with Crippen LogP contribution in [0.2, 0.25) is 0 Å². The van der Waals surface area contributed by atoms with Gasteiger partial charge in [0.15, 0.2) is 11.5 Å². The maximum atomic E-state index is 13.1. The Hall–Kier alpha value is -3.48. The smallest absolute Gasteiger partial charge is 0.319 e. The third kappa shape index (κ3) is 4.51. The molecule has 2 aromatic carbocycles. The molecule has 3 amide bonds. The first kappa shape index (κ1) is 20.3. The van der Waals surface area contributed by atoms with Crippen LogP contribution in [0.1, 0.15) is 29.7 Å². The van der Waals surface area contributed by atoms with E-state index in [4.69, 9.17) is 4.74 Å². The minimum absolute atomic E-state index is 0.00840. The summed E-state index contributed by atoms with van der Waals surface area (Å²) in [4.78, 5) is 25.2. The van der Waals surface area contributed by atoms with Crippen LogP contribution in [-0.2, 0) is 4.79 Å². The molecule has 1 fully saturated rings. The molecule has 1 saturated heterocycles. The van der Waals surface area contributed by atoms with E-state index in [1.54, 1.807) is 19.1 Å². The van der Waals surface area contributed by atoms with Crippen LogP contribution >= 0.6 is 0 Å². The number of hydrogen-bond acceptors (Lipinski definition) is 4. The number of rotatable bonds is 5. The number of aryl methyl sites for hydroxylation is 2. The molecule has 1 aliphatic rings.